The second-order valence-electron chi connectivity index (χ2n) is 4.27. The zero-order valence-corrected chi connectivity index (χ0v) is 10.2. The van der Waals surface area contributed by atoms with Crippen LogP contribution in [-0.2, 0) is 13.0 Å². The van der Waals surface area contributed by atoms with Crippen molar-refractivity contribution in [3.05, 3.63) is 53.9 Å². The van der Waals surface area contributed by atoms with E-state index in [9.17, 15) is 0 Å². The van der Waals surface area contributed by atoms with E-state index in [0.29, 0.717) is 6.54 Å². The maximum absolute atomic E-state index is 4.30. The van der Waals surface area contributed by atoms with Crippen molar-refractivity contribution >= 4 is 10.8 Å². The van der Waals surface area contributed by atoms with Gasteiger partial charge in [-0.05, 0) is 27.6 Å². The average Bonchev–Trinajstić information content (AvgIpc) is 2.86. The summed E-state index contributed by atoms with van der Waals surface area (Å²) in [4.78, 5) is 1.64. The Morgan fingerprint density at radius 3 is 2.67 bits per heavy atom. The lowest BCUT2D eigenvalue weighted by Crippen LogP contribution is -2.04. The van der Waals surface area contributed by atoms with E-state index in [0.717, 1.165) is 12.2 Å². The zero-order chi connectivity index (χ0) is 12.4. The van der Waals surface area contributed by atoms with E-state index in [4.69, 9.17) is 0 Å². The first kappa shape index (κ1) is 10.9. The Kier molecular flexibility index (Phi) is 2.76. The number of aryl methyl sites for hydroxylation is 1. The van der Waals surface area contributed by atoms with Crippen LogP contribution in [0.5, 0.6) is 0 Å². The third kappa shape index (κ3) is 2.09. The Morgan fingerprint density at radius 2 is 1.89 bits per heavy atom. The summed E-state index contributed by atoms with van der Waals surface area (Å²) in [5.41, 5.74) is 1.19. The number of nitrogens with zero attached hydrogens (tertiary/aromatic N) is 4. The molecule has 0 bridgehead atoms. The topological polar surface area (TPSA) is 43.6 Å². The lowest BCUT2D eigenvalue weighted by atomic mass is 10.1. The van der Waals surface area contributed by atoms with Crippen LogP contribution in [-0.4, -0.2) is 20.2 Å². The second-order valence-corrected chi connectivity index (χ2v) is 4.27. The van der Waals surface area contributed by atoms with Gasteiger partial charge >= 0.3 is 0 Å². The highest BCUT2D eigenvalue weighted by atomic mass is 15.6. The Labute approximate surface area is 105 Å². The van der Waals surface area contributed by atoms with Gasteiger partial charge in [0.25, 0.3) is 0 Å². The maximum Gasteiger partial charge on any atom is 0.174 e. The first-order chi connectivity index (χ1) is 8.85. The highest BCUT2D eigenvalue weighted by Crippen LogP contribution is 2.15. The molecule has 4 nitrogen and oxygen atoms in total. The first-order valence-corrected chi connectivity index (χ1v) is 6.09. The molecular formula is C14H14N4. The standard InChI is InChI=1S/C14H14N4/c1-2-14-15-17-18(16-14)10-11-7-8-12-5-3-4-6-13(12)9-11/h3-9H,2,10H2,1H3. The van der Waals surface area contributed by atoms with Crippen molar-refractivity contribution in [2.24, 2.45) is 0 Å². The third-order valence-corrected chi connectivity index (χ3v) is 2.95. The van der Waals surface area contributed by atoms with Gasteiger partial charge in [0.15, 0.2) is 5.82 Å². The Morgan fingerprint density at radius 1 is 1.06 bits per heavy atom. The normalized spacial score (nSPS) is 10.9. The van der Waals surface area contributed by atoms with Crippen molar-refractivity contribution in [1.82, 2.24) is 20.2 Å². The molecule has 0 aliphatic heterocycles. The summed E-state index contributed by atoms with van der Waals surface area (Å²) in [5.74, 6) is 0.788. The van der Waals surface area contributed by atoms with Crippen LogP contribution in [0.25, 0.3) is 10.8 Å². The molecule has 0 atom stereocenters. The van der Waals surface area contributed by atoms with Crippen molar-refractivity contribution in [2.45, 2.75) is 19.9 Å². The third-order valence-electron chi connectivity index (χ3n) is 2.95. The summed E-state index contributed by atoms with van der Waals surface area (Å²) < 4.78 is 0. The summed E-state index contributed by atoms with van der Waals surface area (Å²) in [6.07, 6.45) is 0.817. The van der Waals surface area contributed by atoms with Gasteiger partial charge in [0.1, 0.15) is 0 Å². The van der Waals surface area contributed by atoms with E-state index >= 15 is 0 Å². The fourth-order valence-corrected chi connectivity index (χ4v) is 1.99. The minimum atomic E-state index is 0.665. The zero-order valence-electron chi connectivity index (χ0n) is 10.2. The van der Waals surface area contributed by atoms with Gasteiger partial charge in [0, 0.05) is 6.42 Å². The van der Waals surface area contributed by atoms with Crippen molar-refractivity contribution in [1.29, 1.82) is 0 Å². The maximum atomic E-state index is 4.30. The molecule has 0 fully saturated rings. The van der Waals surface area contributed by atoms with Gasteiger partial charge in [0.05, 0.1) is 6.54 Å². The number of hydrogen-bond acceptors (Lipinski definition) is 3. The van der Waals surface area contributed by atoms with Crippen LogP contribution in [0.2, 0.25) is 0 Å². The molecule has 0 amide bonds. The lowest BCUT2D eigenvalue weighted by molar-refractivity contribution is 0.571. The fraction of sp³-hybridized carbons (Fsp3) is 0.214. The van der Waals surface area contributed by atoms with Gasteiger partial charge in [-0.3, -0.25) is 0 Å². The number of benzene rings is 2. The molecule has 2 aromatic carbocycles. The number of rotatable bonds is 3. The molecule has 0 aliphatic rings. The van der Waals surface area contributed by atoms with Crippen LogP contribution in [0, 0.1) is 0 Å². The van der Waals surface area contributed by atoms with E-state index in [-0.39, 0.29) is 0 Å². The molecule has 4 heteroatoms. The highest BCUT2D eigenvalue weighted by molar-refractivity contribution is 5.82. The van der Waals surface area contributed by atoms with Gasteiger partial charge in [-0.1, -0.05) is 43.3 Å². The number of fused-ring (bicyclic) bond motifs is 1. The van der Waals surface area contributed by atoms with Crippen LogP contribution in [0.4, 0.5) is 0 Å². The minimum Gasteiger partial charge on any atom is -0.160 e. The Balaban J connectivity index is 1.90. The van der Waals surface area contributed by atoms with Crippen LogP contribution >= 0.6 is 0 Å². The van der Waals surface area contributed by atoms with Gasteiger partial charge in [-0.2, -0.15) is 4.80 Å². The number of aromatic nitrogens is 4. The molecule has 3 rings (SSSR count). The van der Waals surface area contributed by atoms with E-state index < -0.39 is 0 Å². The molecule has 0 radical (unpaired) electrons. The summed E-state index contributed by atoms with van der Waals surface area (Å²) in [7, 11) is 0. The molecule has 0 saturated carbocycles. The summed E-state index contributed by atoms with van der Waals surface area (Å²) >= 11 is 0. The quantitative estimate of drug-likeness (QED) is 0.704. The lowest BCUT2D eigenvalue weighted by Gasteiger charge is -2.02. The summed E-state index contributed by atoms with van der Waals surface area (Å²) in [6.45, 7) is 2.69. The molecule has 1 aromatic heterocycles. The molecule has 0 N–H and O–H groups in total. The minimum absolute atomic E-state index is 0.665. The molecule has 18 heavy (non-hydrogen) atoms. The molecule has 0 aliphatic carbocycles. The monoisotopic (exact) mass is 238 g/mol. The van der Waals surface area contributed by atoms with Crippen molar-refractivity contribution in [2.75, 3.05) is 0 Å². The molecule has 1 heterocycles. The van der Waals surface area contributed by atoms with Crippen LogP contribution in [0.15, 0.2) is 42.5 Å². The van der Waals surface area contributed by atoms with Crippen molar-refractivity contribution in [3.63, 3.8) is 0 Å². The van der Waals surface area contributed by atoms with Crippen LogP contribution in [0.3, 0.4) is 0 Å². The smallest absolute Gasteiger partial charge is 0.160 e. The van der Waals surface area contributed by atoms with Gasteiger partial charge in [-0.15, -0.1) is 10.2 Å². The molecule has 0 spiro atoms. The number of hydrogen-bond donors (Lipinski definition) is 0. The second kappa shape index (κ2) is 4.56. The Bertz CT molecular complexity index is 672. The first-order valence-electron chi connectivity index (χ1n) is 6.09. The highest BCUT2D eigenvalue weighted by Gasteiger charge is 2.02. The Hall–Kier alpha value is -2.23. The van der Waals surface area contributed by atoms with E-state index in [1.54, 1.807) is 4.80 Å². The van der Waals surface area contributed by atoms with E-state index in [1.165, 1.54) is 16.3 Å². The van der Waals surface area contributed by atoms with Gasteiger partial charge < -0.3 is 0 Å². The average molecular weight is 238 g/mol. The largest absolute Gasteiger partial charge is 0.174 e. The molecule has 0 saturated heterocycles. The van der Waals surface area contributed by atoms with E-state index in [2.05, 4.69) is 57.9 Å². The predicted octanol–water partition coefficient (Wildman–Crippen LogP) is 2.44. The fourth-order valence-electron chi connectivity index (χ4n) is 1.99. The van der Waals surface area contributed by atoms with Gasteiger partial charge in [-0.25, -0.2) is 0 Å². The van der Waals surface area contributed by atoms with Crippen LogP contribution in [0.1, 0.15) is 18.3 Å². The van der Waals surface area contributed by atoms with Gasteiger partial charge in [0.2, 0.25) is 0 Å². The van der Waals surface area contributed by atoms with Crippen molar-refractivity contribution in [3.8, 4) is 0 Å². The molecule has 90 valence electrons. The van der Waals surface area contributed by atoms with Crippen LogP contribution < -0.4 is 0 Å². The molecule has 0 unspecified atom stereocenters. The summed E-state index contributed by atoms with van der Waals surface area (Å²) in [6, 6.07) is 14.7. The predicted molar refractivity (Wildman–Crippen MR) is 70.2 cm³/mol. The molecule has 3 aromatic rings. The van der Waals surface area contributed by atoms with E-state index in [1.807, 2.05) is 6.92 Å². The molecular weight excluding hydrogens is 224 g/mol. The SMILES string of the molecule is CCc1nnn(Cc2ccc3ccccc3c2)n1. The summed E-state index contributed by atoms with van der Waals surface area (Å²) in [5, 5.41) is 14.8. The number of tetrazole rings is 1. The van der Waals surface area contributed by atoms with Crippen molar-refractivity contribution < 1.29 is 0 Å².